The van der Waals surface area contributed by atoms with E-state index in [-0.39, 0.29) is 34.8 Å². The summed E-state index contributed by atoms with van der Waals surface area (Å²) in [5, 5.41) is 30.7. The smallest absolute Gasteiger partial charge is 0.334 e. The number of non-ortho nitro benzene ring substituents is 1. The fourth-order valence-electron chi connectivity index (χ4n) is 3.37. The molecule has 2 unspecified atom stereocenters. The summed E-state index contributed by atoms with van der Waals surface area (Å²) in [6.07, 6.45) is 4.64. The number of hydrogen-bond donors (Lipinski definition) is 2. The summed E-state index contributed by atoms with van der Waals surface area (Å²) in [5.74, 6) is -4.95. The SMILES string of the molecule is CC1=NC(Cn2ccnc2)=C(C(=O)O)C(c2cccc([N+](=O)[O-])c2)C1C(=O)O. The zero-order valence-corrected chi connectivity index (χ0v) is 14.7. The monoisotopic (exact) mass is 384 g/mol. The van der Waals surface area contributed by atoms with Crippen LogP contribution in [0.25, 0.3) is 0 Å². The van der Waals surface area contributed by atoms with Gasteiger partial charge in [0.25, 0.3) is 5.69 Å². The quantitative estimate of drug-likeness (QED) is 0.572. The Morgan fingerprint density at radius 3 is 2.64 bits per heavy atom. The van der Waals surface area contributed by atoms with Gasteiger partial charge in [0.05, 0.1) is 29.1 Å². The van der Waals surface area contributed by atoms with E-state index in [2.05, 4.69) is 9.98 Å². The lowest BCUT2D eigenvalue weighted by molar-refractivity contribution is -0.384. The van der Waals surface area contributed by atoms with E-state index in [1.165, 1.54) is 43.7 Å². The first-order chi connectivity index (χ1) is 13.3. The normalized spacial score (nSPS) is 19.2. The highest BCUT2D eigenvalue weighted by atomic mass is 16.6. The van der Waals surface area contributed by atoms with Gasteiger partial charge in [0.2, 0.25) is 0 Å². The molecule has 0 aliphatic carbocycles. The largest absolute Gasteiger partial charge is 0.481 e. The molecule has 1 aromatic carbocycles. The van der Waals surface area contributed by atoms with Crippen molar-refractivity contribution in [1.82, 2.24) is 9.55 Å². The number of hydrogen-bond acceptors (Lipinski definition) is 6. The Hall–Kier alpha value is -3.82. The van der Waals surface area contributed by atoms with Crippen molar-refractivity contribution in [2.45, 2.75) is 19.4 Å². The van der Waals surface area contributed by atoms with Gasteiger partial charge in [-0.2, -0.15) is 0 Å². The Labute approximate surface area is 158 Å². The van der Waals surface area contributed by atoms with Crippen LogP contribution in [0.1, 0.15) is 18.4 Å². The number of aliphatic carboxylic acids is 2. The third-order valence-corrected chi connectivity index (χ3v) is 4.54. The first-order valence-corrected chi connectivity index (χ1v) is 8.24. The van der Waals surface area contributed by atoms with Gasteiger partial charge in [-0.15, -0.1) is 0 Å². The Bertz CT molecular complexity index is 1010. The van der Waals surface area contributed by atoms with Crippen LogP contribution in [0.4, 0.5) is 5.69 Å². The Balaban J connectivity index is 2.21. The summed E-state index contributed by atoms with van der Waals surface area (Å²) in [7, 11) is 0. The second kappa shape index (κ2) is 7.43. The number of carboxylic acids is 2. The van der Waals surface area contributed by atoms with E-state index in [0.717, 1.165) is 0 Å². The Morgan fingerprint density at radius 2 is 2.07 bits per heavy atom. The van der Waals surface area contributed by atoms with Crippen LogP contribution in [0.2, 0.25) is 0 Å². The molecule has 10 nitrogen and oxygen atoms in total. The number of nitro benzene ring substituents is 1. The Kier molecular flexibility index (Phi) is 5.03. The molecule has 3 rings (SSSR count). The molecule has 2 atom stereocenters. The van der Waals surface area contributed by atoms with Gasteiger partial charge in [-0.05, 0) is 12.5 Å². The van der Waals surface area contributed by atoms with E-state index < -0.39 is 28.7 Å². The molecule has 0 radical (unpaired) electrons. The zero-order valence-electron chi connectivity index (χ0n) is 14.7. The molecule has 0 amide bonds. The van der Waals surface area contributed by atoms with Gasteiger partial charge < -0.3 is 14.8 Å². The number of aromatic nitrogens is 2. The van der Waals surface area contributed by atoms with E-state index >= 15 is 0 Å². The van der Waals surface area contributed by atoms with Crippen molar-refractivity contribution in [3.8, 4) is 0 Å². The van der Waals surface area contributed by atoms with Crippen LogP contribution in [0, 0.1) is 16.0 Å². The highest BCUT2D eigenvalue weighted by Crippen LogP contribution is 2.40. The topological polar surface area (TPSA) is 148 Å². The molecule has 0 spiro atoms. The van der Waals surface area contributed by atoms with Crippen LogP contribution >= 0.6 is 0 Å². The lowest BCUT2D eigenvalue weighted by Gasteiger charge is -2.30. The third-order valence-electron chi connectivity index (χ3n) is 4.54. The second-order valence-corrected chi connectivity index (χ2v) is 6.30. The van der Waals surface area contributed by atoms with Gasteiger partial charge in [0, 0.05) is 36.2 Å². The van der Waals surface area contributed by atoms with Crippen molar-refractivity contribution in [3.63, 3.8) is 0 Å². The maximum Gasteiger partial charge on any atom is 0.334 e. The van der Waals surface area contributed by atoms with E-state index in [4.69, 9.17) is 0 Å². The van der Waals surface area contributed by atoms with Gasteiger partial charge in [-0.1, -0.05) is 12.1 Å². The summed E-state index contributed by atoms with van der Waals surface area (Å²) in [6, 6.07) is 5.36. The summed E-state index contributed by atoms with van der Waals surface area (Å²) in [6.45, 7) is 1.59. The van der Waals surface area contributed by atoms with E-state index in [1.807, 2.05) is 0 Å². The predicted octanol–water partition coefficient (Wildman–Crippen LogP) is 2.09. The van der Waals surface area contributed by atoms with Gasteiger partial charge in [0.1, 0.15) is 5.92 Å². The summed E-state index contributed by atoms with van der Waals surface area (Å²) < 4.78 is 1.61. The lowest BCUT2D eigenvalue weighted by atomic mass is 9.75. The van der Waals surface area contributed by atoms with E-state index in [1.54, 1.807) is 10.8 Å². The van der Waals surface area contributed by atoms with Crippen molar-refractivity contribution >= 4 is 23.3 Å². The van der Waals surface area contributed by atoms with Crippen LogP contribution in [0.5, 0.6) is 0 Å². The van der Waals surface area contributed by atoms with Crippen molar-refractivity contribution in [1.29, 1.82) is 0 Å². The third kappa shape index (κ3) is 3.52. The van der Waals surface area contributed by atoms with Crippen LogP contribution in [0.15, 0.2) is 59.2 Å². The molecule has 2 heterocycles. The molecule has 1 aliphatic heterocycles. The van der Waals surface area contributed by atoms with Gasteiger partial charge in [-0.25, -0.2) is 9.78 Å². The number of nitro groups is 1. The highest BCUT2D eigenvalue weighted by molar-refractivity contribution is 6.06. The average molecular weight is 384 g/mol. The van der Waals surface area contributed by atoms with Crippen LogP contribution in [-0.2, 0) is 16.1 Å². The van der Waals surface area contributed by atoms with Crippen molar-refractivity contribution < 1.29 is 24.7 Å². The molecule has 1 aromatic heterocycles. The minimum absolute atomic E-state index is 0.0801. The first kappa shape index (κ1) is 19.0. The first-order valence-electron chi connectivity index (χ1n) is 8.24. The van der Waals surface area contributed by atoms with Gasteiger partial charge in [0.15, 0.2) is 0 Å². The number of rotatable bonds is 6. The molecule has 10 heteroatoms. The molecule has 0 bridgehead atoms. The maximum atomic E-state index is 12.1. The number of imidazole rings is 1. The molecule has 0 fully saturated rings. The van der Waals surface area contributed by atoms with Crippen LogP contribution < -0.4 is 0 Å². The minimum atomic E-state index is -1.32. The van der Waals surface area contributed by atoms with E-state index in [0.29, 0.717) is 0 Å². The minimum Gasteiger partial charge on any atom is -0.481 e. The standard InChI is InChI=1S/C18H16N4O6/c1-10-14(17(23)24)15(11-3-2-4-12(7-11)22(27)28)16(18(25)26)13(20-10)8-21-6-5-19-9-21/h2-7,9,14-15H,8H2,1H3,(H,23,24)(H,25,26). The van der Waals surface area contributed by atoms with Crippen molar-refractivity contribution in [2.24, 2.45) is 10.9 Å². The Morgan fingerprint density at radius 1 is 1.32 bits per heavy atom. The average Bonchev–Trinajstić information content (AvgIpc) is 3.13. The number of carboxylic acid groups (broad SMARTS) is 2. The highest BCUT2D eigenvalue weighted by Gasteiger charge is 2.42. The fourth-order valence-corrected chi connectivity index (χ4v) is 3.37. The molecule has 2 aromatic rings. The number of benzene rings is 1. The van der Waals surface area contributed by atoms with Crippen LogP contribution in [0.3, 0.4) is 0 Å². The lowest BCUT2D eigenvalue weighted by Crippen LogP contribution is -2.35. The molecule has 144 valence electrons. The molecular formula is C18H16N4O6. The number of aliphatic imine (C=N–C) groups is 1. The van der Waals surface area contributed by atoms with Crippen LogP contribution in [-0.4, -0.2) is 42.3 Å². The van der Waals surface area contributed by atoms with Crippen molar-refractivity contribution in [2.75, 3.05) is 0 Å². The van der Waals surface area contributed by atoms with E-state index in [9.17, 15) is 29.9 Å². The summed E-state index contributed by atoms with van der Waals surface area (Å²) >= 11 is 0. The molecule has 28 heavy (non-hydrogen) atoms. The summed E-state index contributed by atoms with van der Waals surface area (Å²) in [5.41, 5.74) is 0.187. The maximum absolute atomic E-state index is 12.1. The predicted molar refractivity (Wildman–Crippen MR) is 97.0 cm³/mol. The second-order valence-electron chi connectivity index (χ2n) is 6.30. The number of allylic oxidation sites excluding steroid dienone is 1. The number of nitrogens with zero attached hydrogens (tertiary/aromatic N) is 4. The zero-order chi connectivity index (χ0) is 20.4. The summed E-state index contributed by atoms with van der Waals surface area (Å²) in [4.78, 5) is 42.7. The molecule has 1 aliphatic rings. The number of carbonyl (C=O) groups is 2. The molecular weight excluding hydrogens is 368 g/mol. The molecule has 2 N–H and O–H groups in total. The molecule has 0 saturated heterocycles. The van der Waals surface area contributed by atoms with Gasteiger partial charge >= 0.3 is 11.9 Å². The molecule has 0 saturated carbocycles. The van der Waals surface area contributed by atoms with Gasteiger partial charge in [-0.3, -0.25) is 19.9 Å². The fraction of sp³-hybridized carbons (Fsp3) is 0.222. The van der Waals surface area contributed by atoms with Crippen molar-refractivity contribution in [3.05, 3.63) is 69.9 Å².